The van der Waals surface area contributed by atoms with Crippen LogP contribution in [0.25, 0.3) is 0 Å². The van der Waals surface area contributed by atoms with Crippen LogP contribution in [0.4, 0.5) is 4.39 Å². The number of benzene rings is 2. The van der Waals surface area contributed by atoms with Gasteiger partial charge >= 0.3 is 0 Å². The van der Waals surface area contributed by atoms with Crippen molar-refractivity contribution >= 4 is 0 Å². The summed E-state index contributed by atoms with van der Waals surface area (Å²) in [7, 11) is 0. The second-order valence-corrected chi connectivity index (χ2v) is 13.1. The van der Waals surface area contributed by atoms with Crippen molar-refractivity contribution in [1.82, 2.24) is 0 Å². The minimum Gasteiger partial charge on any atom is -0.393 e. The highest BCUT2D eigenvalue weighted by Crippen LogP contribution is 2.68. The van der Waals surface area contributed by atoms with Crippen molar-refractivity contribution in [3.8, 4) is 0 Å². The molecule has 0 heterocycles. The van der Waals surface area contributed by atoms with Gasteiger partial charge in [-0.25, -0.2) is 4.39 Å². The maximum atomic E-state index is 13.5. The van der Waals surface area contributed by atoms with Crippen LogP contribution in [-0.2, 0) is 6.42 Å². The van der Waals surface area contributed by atoms with E-state index in [1.807, 2.05) is 12.1 Å². The molecule has 0 spiro atoms. The summed E-state index contributed by atoms with van der Waals surface area (Å²) in [5, 5.41) is 10.3. The molecule has 36 heavy (non-hydrogen) atoms. The molecule has 6 rings (SSSR count). The van der Waals surface area contributed by atoms with E-state index in [1.54, 1.807) is 17.7 Å². The van der Waals surface area contributed by atoms with E-state index in [0.29, 0.717) is 22.7 Å². The molecule has 2 aromatic rings. The van der Waals surface area contributed by atoms with Crippen molar-refractivity contribution in [2.24, 2.45) is 34.5 Å². The first-order valence-corrected chi connectivity index (χ1v) is 14.6. The fourth-order valence-corrected chi connectivity index (χ4v) is 9.62. The molecule has 0 bridgehead atoms. The molecule has 1 N–H and O–H groups in total. The Balaban J connectivity index is 1.27. The first-order valence-electron chi connectivity index (χ1n) is 14.6. The van der Waals surface area contributed by atoms with Crippen LogP contribution in [0.3, 0.4) is 0 Å². The zero-order valence-electron chi connectivity index (χ0n) is 22.1. The second-order valence-electron chi connectivity index (χ2n) is 13.1. The van der Waals surface area contributed by atoms with E-state index >= 15 is 0 Å². The molecule has 192 valence electrons. The normalized spacial score (nSPS) is 38.4. The first-order chi connectivity index (χ1) is 17.4. The van der Waals surface area contributed by atoms with Gasteiger partial charge in [0.2, 0.25) is 0 Å². The van der Waals surface area contributed by atoms with E-state index in [9.17, 15) is 9.50 Å². The summed E-state index contributed by atoms with van der Waals surface area (Å²) in [6.07, 6.45) is 14.2. The smallest absolute Gasteiger partial charge is 0.123 e. The molecule has 2 heteroatoms. The van der Waals surface area contributed by atoms with Crippen LogP contribution in [0, 0.1) is 40.3 Å². The molecule has 0 radical (unpaired) electrons. The lowest BCUT2D eigenvalue weighted by atomic mass is 9.46. The fraction of sp³-hybridized carbons (Fsp3) is 0.588. The van der Waals surface area contributed by atoms with Gasteiger partial charge in [0.1, 0.15) is 5.82 Å². The predicted molar refractivity (Wildman–Crippen MR) is 145 cm³/mol. The number of hydrogen-bond donors (Lipinski definition) is 1. The number of fused-ring (bicyclic) bond motifs is 5. The van der Waals surface area contributed by atoms with E-state index in [0.717, 1.165) is 43.4 Å². The topological polar surface area (TPSA) is 20.2 Å². The lowest BCUT2D eigenvalue weighted by Gasteiger charge is -2.58. The molecule has 6 unspecified atom stereocenters. The van der Waals surface area contributed by atoms with Gasteiger partial charge in [-0.05, 0) is 128 Å². The third kappa shape index (κ3) is 4.08. The van der Waals surface area contributed by atoms with Crippen molar-refractivity contribution in [2.75, 3.05) is 0 Å². The van der Waals surface area contributed by atoms with Gasteiger partial charge in [-0.1, -0.05) is 68.0 Å². The van der Waals surface area contributed by atoms with E-state index in [1.165, 1.54) is 49.7 Å². The van der Waals surface area contributed by atoms with Gasteiger partial charge in [0.05, 0.1) is 6.10 Å². The van der Waals surface area contributed by atoms with Crippen LogP contribution >= 0.6 is 0 Å². The quantitative estimate of drug-likeness (QED) is 0.420. The maximum Gasteiger partial charge on any atom is 0.123 e. The van der Waals surface area contributed by atoms with Gasteiger partial charge < -0.3 is 5.11 Å². The third-order valence-electron chi connectivity index (χ3n) is 11.5. The van der Waals surface area contributed by atoms with Crippen LogP contribution in [0.5, 0.6) is 0 Å². The van der Waals surface area contributed by atoms with Gasteiger partial charge in [-0.3, -0.25) is 0 Å². The monoisotopic (exact) mass is 486 g/mol. The van der Waals surface area contributed by atoms with Gasteiger partial charge in [-0.2, -0.15) is 0 Å². The molecule has 1 nitrogen and oxygen atoms in total. The summed E-state index contributed by atoms with van der Waals surface area (Å²) in [6.45, 7) is 5.18. The minimum absolute atomic E-state index is 0.127. The number of halogens is 1. The number of aliphatic hydroxyl groups is 1. The van der Waals surface area contributed by atoms with Crippen LogP contribution in [0.2, 0.25) is 0 Å². The van der Waals surface area contributed by atoms with E-state index in [-0.39, 0.29) is 11.9 Å². The molecule has 0 saturated heterocycles. The Morgan fingerprint density at radius 2 is 1.69 bits per heavy atom. The molecule has 0 aromatic heterocycles. The predicted octanol–water partition coefficient (Wildman–Crippen LogP) is 8.48. The van der Waals surface area contributed by atoms with Crippen LogP contribution in [-0.4, -0.2) is 11.2 Å². The van der Waals surface area contributed by atoms with Crippen molar-refractivity contribution < 1.29 is 9.50 Å². The molecular weight excluding hydrogens is 443 g/mol. The van der Waals surface area contributed by atoms with Gasteiger partial charge in [0.15, 0.2) is 0 Å². The van der Waals surface area contributed by atoms with Crippen molar-refractivity contribution in [3.05, 3.63) is 83.2 Å². The molecule has 3 saturated carbocycles. The lowest BCUT2D eigenvalue weighted by molar-refractivity contribution is -0.0535. The lowest BCUT2D eigenvalue weighted by Crippen LogP contribution is -2.50. The molecule has 0 amide bonds. The van der Waals surface area contributed by atoms with Crippen molar-refractivity contribution in [3.63, 3.8) is 0 Å². The summed E-state index contributed by atoms with van der Waals surface area (Å²) in [5.41, 5.74) is 5.01. The first kappa shape index (κ1) is 24.4. The Morgan fingerprint density at radius 1 is 0.917 bits per heavy atom. The molecule has 4 aliphatic rings. The van der Waals surface area contributed by atoms with Crippen LogP contribution in [0.15, 0.2) is 66.2 Å². The maximum absolute atomic E-state index is 13.5. The number of hydrogen-bond acceptors (Lipinski definition) is 1. The van der Waals surface area contributed by atoms with Crippen LogP contribution < -0.4 is 0 Å². The van der Waals surface area contributed by atoms with Gasteiger partial charge in [0, 0.05) is 0 Å². The number of aliphatic hydroxyl groups excluding tert-OH is 1. The molecular formula is C34H43FO. The summed E-state index contributed by atoms with van der Waals surface area (Å²) >= 11 is 0. The Morgan fingerprint density at radius 3 is 2.47 bits per heavy atom. The second kappa shape index (κ2) is 9.43. The zero-order chi connectivity index (χ0) is 24.9. The Kier molecular flexibility index (Phi) is 6.39. The van der Waals surface area contributed by atoms with Gasteiger partial charge in [-0.15, -0.1) is 0 Å². The average Bonchev–Trinajstić information content (AvgIpc) is 3.23. The highest BCUT2D eigenvalue weighted by atomic mass is 19.1. The summed E-state index contributed by atoms with van der Waals surface area (Å²) in [4.78, 5) is 0. The average molecular weight is 487 g/mol. The van der Waals surface area contributed by atoms with Crippen molar-refractivity contribution in [1.29, 1.82) is 0 Å². The standard InChI is InChI=1S/C34H43FO/c1-33-20-18-27(36)22-25(33)11-15-29-31-17-16-30(34(31,2)21-19-32(29)33)28(24-6-4-3-5-7-24)14-10-23-8-12-26(35)13-9-23/h3-9,11-13,27-32,36H,10,14-22H2,1-2H3/t27-,28+,29?,30?,31?,32?,33?,34?/m0/s1. The number of aryl methyl sites for hydroxylation is 1. The third-order valence-corrected chi connectivity index (χ3v) is 11.5. The van der Waals surface area contributed by atoms with Crippen LogP contribution in [0.1, 0.15) is 88.7 Å². The Bertz CT molecular complexity index is 1090. The zero-order valence-corrected chi connectivity index (χ0v) is 22.1. The summed E-state index contributed by atoms with van der Waals surface area (Å²) in [5.74, 6) is 3.50. The molecule has 2 aromatic carbocycles. The Hall–Kier alpha value is -1.93. The van der Waals surface area contributed by atoms with E-state index < -0.39 is 0 Å². The summed E-state index contributed by atoms with van der Waals surface area (Å²) in [6, 6.07) is 18.4. The SMILES string of the molecule is CC12CC[C@H](O)CC1=CCC1C2CCC2(C)C1CCC2[C@H](CCc1ccc(F)cc1)c1ccccc1. The molecule has 0 aliphatic heterocycles. The minimum atomic E-state index is -0.146. The largest absolute Gasteiger partial charge is 0.393 e. The summed E-state index contributed by atoms with van der Waals surface area (Å²) < 4.78 is 13.5. The highest BCUT2D eigenvalue weighted by Gasteiger charge is 2.59. The number of allylic oxidation sites excluding steroid dienone is 1. The fourth-order valence-electron chi connectivity index (χ4n) is 9.62. The van der Waals surface area contributed by atoms with E-state index in [4.69, 9.17) is 0 Å². The van der Waals surface area contributed by atoms with E-state index in [2.05, 4.69) is 50.3 Å². The highest BCUT2D eigenvalue weighted by molar-refractivity contribution is 5.28. The molecule has 8 atom stereocenters. The molecule has 3 fully saturated rings. The number of rotatable bonds is 5. The molecule has 4 aliphatic carbocycles. The van der Waals surface area contributed by atoms with Crippen molar-refractivity contribution in [2.45, 2.75) is 90.1 Å². The van der Waals surface area contributed by atoms with Gasteiger partial charge in [0.25, 0.3) is 0 Å². The Labute approximate surface area is 217 Å².